The Kier molecular flexibility index (Phi) is 3.78. The smallest absolute Gasteiger partial charge is 0.331 e. The van der Waals surface area contributed by atoms with Gasteiger partial charge in [-0.2, -0.15) is 5.10 Å². The molecule has 4 nitrogen and oxygen atoms in total. The third kappa shape index (κ3) is 3.17. The zero-order chi connectivity index (χ0) is 14.5. The topological polar surface area (TPSA) is 55.0 Å². The summed E-state index contributed by atoms with van der Waals surface area (Å²) in [5, 5.41) is 8.06. The van der Waals surface area contributed by atoms with Gasteiger partial charge in [0, 0.05) is 11.5 Å². The van der Waals surface area contributed by atoms with E-state index >= 15 is 0 Å². The number of carbonyl (C=O) groups is 1. The SMILES string of the molecule is O=C(/C=C/c1n[nH]c2ccccc12)OCc1ccccc1. The molecule has 1 heterocycles. The van der Waals surface area contributed by atoms with E-state index in [0.29, 0.717) is 0 Å². The number of benzene rings is 2. The second-order valence-electron chi connectivity index (χ2n) is 4.58. The van der Waals surface area contributed by atoms with E-state index in [2.05, 4.69) is 10.2 Å². The molecule has 4 heteroatoms. The first-order chi connectivity index (χ1) is 10.3. The van der Waals surface area contributed by atoms with Crippen LogP contribution in [0.25, 0.3) is 17.0 Å². The number of rotatable bonds is 4. The van der Waals surface area contributed by atoms with Crippen molar-refractivity contribution in [1.82, 2.24) is 10.2 Å². The molecule has 3 rings (SSSR count). The zero-order valence-electron chi connectivity index (χ0n) is 11.3. The van der Waals surface area contributed by atoms with Crippen molar-refractivity contribution in [2.24, 2.45) is 0 Å². The molecule has 3 aromatic rings. The predicted octanol–water partition coefficient (Wildman–Crippen LogP) is 3.32. The molecule has 0 aliphatic carbocycles. The third-order valence-electron chi connectivity index (χ3n) is 3.10. The molecule has 0 unspecified atom stereocenters. The van der Waals surface area contributed by atoms with Crippen molar-refractivity contribution in [3.05, 3.63) is 71.9 Å². The monoisotopic (exact) mass is 278 g/mol. The van der Waals surface area contributed by atoms with Crippen LogP contribution in [0, 0.1) is 0 Å². The summed E-state index contributed by atoms with van der Waals surface area (Å²) in [6.45, 7) is 0.269. The number of hydrogen-bond acceptors (Lipinski definition) is 3. The fourth-order valence-corrected chi connectivity index (χ4v) is 2.04. The molecular weight excluding hydrogens is 264 g/mol. The van der Waals surface area contributed by atoms with Gasteiger partial charge in [-0.15, -0.1) is 0 Å². The summed E-state index contributed by atoms with van der Waals surface area (Å²) < 4.78 is 5.17. The van der Waals surface area contributed by atoms with Crippen LogP contribution < -0.4 is 0 Å². The summed E-state index contributed by atoms with van der Waals surface area (Å²) >= 11 is 0. The number of aromatic amines is 1. The molecule has 2 aromatic carbocycles. The number of ether oxygens (including phenoxy) is 1. The number of para-hydroxylation sites is 1. The normalized spacial score (nSPS) is 11.0. The van der Waals surface area contributed by atoms with Gasteiger partial charge in [0.2, 0.25) is 0 Å². The minimum absolute atomic E-state index is 0.269. The van der Waals surface area contributed by atoms with Crippen molar-refractivity contribution < 1.29 is 9.53 Å². The number of nitrogens with zero attached hydrogens (tertiary/aromatic N) is 1. The van der Waals surface area contributed by atoms with Crippen molar-refractivity contribution in [3.8, 4) is 0 Å². The van der Waals surface area contributed by atoms with Crippen LogP contribution in [0.4, 0.5) is 0 Å². The molecule has 0 amide bonds. The van der Waals surface area contributed by atoms with Gasteiger partial charge in [0.1, 0.15) is 6.61 Å². The van der Waals surface area contributed by atoms with E-state index < -0.39 is 0 Å². The highest BCUT2D eigenvalue weighted by Crippen LogP contribution is 2.16. The lowest BCUT2D eigenvalue weighted by molar-refractivity contribution is -0.138. The summed E-state index contributed by atoms with van der Waals surface area (Å²) in [5.41, 5.74) is 2.63. The summed E-state index contributed by atoms with van der Waals surface area (Å²) in [6, 6.07) is 17.3. The quantitative estimate of drug-likeness (QED) is 0.588. The number of nitrogens with one attached hydrogen (secondary N) is 1. The summed E-state index contributed by atoms with van der Waals surface area (Å²) in [7, 11) is 0. The Morgan fingerprint density at radius 1 is 1.10 bits per heavy atom. The maximum Gasteiger partial charge on any atom is 0.331 e. The van der Waals surface area contributed by atoms with Crippen LogP contribution in [-0.2, 0) is 16.1 Å². The van der Waals surface area contributed by atoms with Crippen LogP contribution in [0.15, 0.2) is 60.7 Å². The Hall–Kier alpha value is -2.88. The molecular formula is C17H14N2O2. The van der Waals surface area contributed by atoms with Crippen LogP contribution in [0.2, 0.25) is 0 Å². The number of carbonyl (C=O) groups excluding carboxylic acids is 1. The minimum atomic E-state index is -0.383. The van der Waals surface area contributed by atoms with Crippen LogP contribution >= 0.6 is 0 Å². The second kappa shape index (κ2) is 6.05. The number of H-pyrrole nitrogens is 1. The highest BCUT2D eigenvalue weighted by Gasteiger charge is 2.03. The van der Waals surface area contributed by atoms with Gasteiger partial charge in [0.05, 0.1) is 11.2 Å². The molecule has 0 aliphatic rings. The van der Waals surface area contributed by atoms with Crippen molar-refractivity contribution in [2.45, 2.75) is 6.61 Å². The van der Waals surface area contributed by atoms with Gasteiger partial charge in [0.25, 0.3) is 0 Å². The molecule has 0 fully saturated rings. The summed E-state index contributed by atoms with van der Waals surface area (Å²) in [4.78, 5) is 11.7. The maximum atomic E-state index is 11.7. The van der Waals surface area contributed by atoms with Gasteiger partial charge in [-0.25, -0.2) is 4.79 Å². The van der Waals surface area contributed by atoms with Gasteiger partial charge >= 0.3 is 5.97 Å². The van der Waals surface area contributed by atoms with Crippen molar-refractivity contribution in [1.29, 1.82) is 0 Å². The number of aromatic nitrogens is 2. The lowest BCUT2D eigenvalue weighted by Crippen LogP contribution is -2.00. The highest BCUT2D eigenvalue weighted by atomic mass is 16.5. The van der Waals surface area contributed by atoms with Crippen LogP contribution in [0.3, 0.4) is 0 Å². The minimum Gasteiger partial charge on any atom is -0.458 e. The number of hydrogen-bond donors (Lipinski definition) is 1. The van der Waals surface area contributed by atoms with Gasteiger partial charge in [-0.05, 0) is 17.7 Å². The molecule has 0 radical (unpaired) electrons. The van der Waals surface area contributed by atoms with Gasteiger partial charge < -0.3 is 4.74 Å². The molecule has 21 heavy (non-hydrogen) atoms. The molecule has 0 spiro atoms. The molecule has 0 saturated heterocycles. The molecule has 1 N–H and O–H groups in total. The molecule has 0 bridgehead atoms. The average Bonchev–Trinajstić information content (AvgIpc) is 2.95. The molecule has 0 aliphatic heterocycles. The lowest BCUT2D eigenvalue weighted by Gasteiger charge is -2.01. The van der Waals surface area contributed by atoms with E-state index in [1.54, 1.807) is 6.08 Å². The molecule has 0 atom stereocenters. The molecule has 0 saturated carbocycles. The van der Waals surface area contributed by atoms with Crippen molar-refractivity contribution in [3.63, 3.8) is 0 Å². The highest BCUT2D eigenvalue weighted by molar-refractivity contribution is 5.92. The van der Waals surface area contributed by atoms with E-state index in [0.717, 1.165) is 22.2 Å². The van der Waals surface area contributed by atoms with Crippen molar-refractivity contribution >= 4 is 22.9 Å². The Morgan fingerprint density at radius 3 is 2.71 bits per heavy atom. The first-order valence-corrected chi connectivity index (χ1v) is 6.65. The fourth-order valence-electron chi connectivity index (χ4n) is 2.04. The Morgan fingerprint density at radius 2 is 1.86 bits per heavy atom. The zero-order valence-corrected chi connectivity index (χ0v) is 11.3. The number of fused-ring (bicyclic) bond motifs is 1. The van der Waals surface area contributed by atoms with E-state index in [1.165, 1.54) is 6.08 Å². The largest absolute Gasteiger partial charge is 0.458 e. The van der Waals surface area contributed by atoms with Crippen LogP contribution in [0.5, 0.6) is 0 Å². The first kappa shape index (κ1) is 13.1. The fraction of sp³-hybridized carbons (Fsp3) is 0.0588. The van der Waals surface area contributed by atoms with Crippen molar-refractivity contribution in [2.75, 3.05) is 0 Å². The van der Waals surface area contributed by atoms with Gasteiger partial charge in [0.15, 0.2) is 0 Å². The van der Waals surface area contributed by atoms with E-state index in [4.69, 9.17) is 4.74 Å². The van der Waals surface area contributed by atoms with E-state index in [-0.39, 0.29) is 12.6 Å². The summed E-state index contributed by atoms with van der Waals surface area (Å²) in [6.07, 6.45) is 3.05. The lowest BCUT2D eigenvalue weighted by atomic mass is 10.2. The van der Waals surface area contributed by atoms with E-state index in [1.807, 2.05) is 54.6 Å². The Labute approximate surface area is 122 Å². The first-order valence-electron chi connectivity index (χ1n) is 6.65. The molecule has 104 valence electrons. The third-order valence-corrected chi connectivity index (χ3v) is 3.10. The van der Waals surface area contributed by atoms with E-state index in [9.17, 15) is 4.79 Å². The second-order valence-corrected chi connectivity index (χ2v) is 4.58. The van der Waals surface area contributed by atoms with Crippen LogP contribution in [-0.4, -0.2) is 16.2 Å². The van der Waals surface area contributed by atoms with Gasteiger partial charge in [-0.3, -0.25) is 5.10 Å². The predicted molar refractivity (Wildman–Crippen MR) is 81.4 cm³/mol. The standard InChI is InChI=1S/C17H14N2O2/c20-17(21-12-13-6-2-1-3-7-13)11-10-16-14-8-4-5-9-15(14)18-19-16/h1-11H,12H2,(H,18,19)/b11-10+. The van der Waals surface area contributed by atoms with Crippen LogP contribution in [0.1, 0.15) is 11.3 Å². The van der Waals surface area contributed by atoms with Gasteiger partial charge in [-0.1, -0.05) is 48.5 Å². The summed E-state index contributed by atoms with van der Waals surface area (Å²) in [5.74, 6) is -0.383. The Balaban J connectivity index is 1.64. The maximum absolute atomic E-state index is 11.7. The number of esters is 1. The average molecular weight is 278 g/mol. The Bertz CT molecular complexity index is 776. The molecule has 1 aromatic heterocycles.